The molecule has 1 atom stereocenters. The van der Waals surface area contributed by atoms with Crippen molar-refractivity contribution in [3.63, 3.8) is 0 Å². The fraction of sp³-hybridized carbons (Fsp3) is 0.229. The smallest absolute Gasteiger partial charge is 0.338 e. The Bertz CT molecular complexity index is 2130. The second-order valence-corrected chi connectivity index (χ2v) is 13.0. The minimum Gasteiger partial charge on any atom is -0.496 e. The highest BCUT2D eigenvalue weighted by molar-refractivity contribution is 9.10. The maximum absolute atomic E-state index is 14.3. The summed E-state index contributed by atoms with van der Waals surface area (Å²) in [5, 5.41) is 1.73. The zero-order valence-electron chi connectivity index (χ0n) is 25.1. The quantitative estimate of drug-likeness (QED) is 0.155. The Labute approximate surface area is 277 Å². The van der Waals surface area contributed by atoms with Crippen molar-refractivity contribution in [1.82, 2.24) is 9.13 Å². The average Bonchev–Trinajstić information content (AvgIpc) is 3.54. The number of halogens is 2. The van der Waals surface area contributed by atoms with Crippen LogP contribution in [0.15, 0.2) is 98.5 Å². The molecule has 0 unspecified atom stereocenters. The molecular weight excluding hydrogens is 674 g/mol. The Morgan fingerprint density at radius 2 is 1.89 bits per heavy atom. The van der Waals surface area contributed by atoms with Gasteiger partial charge < -0.3 is 14.0 Å². The number of methoxy groups -OCH3 is 1. The monoisotopic (exact) mass is 703 g/mol. The number of benzene rings is 3. The van der Waals surface area contributed by atoms with Gasteiger partial charge in [-0.25, -0.2) is 9.79 Å². The van der Waals surface area contributed by atoms with Gasteiger partial charge in [0.25, 0.3) is 5.56 Å². The Morgan fingerprint density at radius 1 is 1.11 bits per heavy atom. The fourth-order valence-corrected chi connectivity index (χ4v) is 7.43. The van der Waals surface area contributed by atoms with E-state index in [1.54, 1.807) is 18.6 Å². The lowest BCUT2D eigenvalue weighted by Gasteiger charge is -2.26. The van der Waals surface area contributed by atoms with Crippen LogP contribution in [-0.4, -0.2) is 28.8 Å². The molecule has 0 amide bonds. The van der Waals surface area contributed by atoms with Crippen molar-refractivity contribution in [2.24, 2.45) is 4.99 Å². The minimum atomic E-state index is -0.711. The second-order valence-electron chi connectivity index (χ2n) is 10.7. The summed E-state index contributed by atoms with van der Waals surface area (Å²) >= 11 is 11.0. The lowest BCUT2D eigenvalue weighted by atomic mass is 9.94. The zero-order valence-corrected chi connectivity index (χ0v) is 28.2. The van der Waals surface area contributed by atoms with Crippen LogP contribution in [0.1, 0.15) is 49.4 Å². The van der Waals surface area contributed by atoms with Crippen LogP contribution < -0.4 is 19.6 Å². The molecule has 3 aromatic carbocycles. The summed E-state index contributed by atoms with van der Waals surface area (Å²) in [5.74, 6) is 0.179. The molecule has 7 nitrogen and oxygen atoms in total. The molecule has 5 aromatic rings. The first-order chi connectivity index (χ1) is 21.8. The number of carbonyl (C=O) groups excluding carboxylic acids is 1. The highest BCUT2D eigenvalue weighted by Crippen LogP contribution is 2.36. The zero-order chi connectivity index (χ0) is 31.7. The standard InChI is InChI=1S/C35H31BrClN3O4S/c1-4-8-27-31(34(42)44-5-2)32(22-13-16-29(43-3)26(36)17-22)40-33(41)30(45-35(40)38-27)18-23-20-39(28-10-7-6-9-25(23)28)19-21-11-14-24(37)15-12-21/h6-7,9-18,20,32H,4-5,8,19H2,1-3H3/b30-18+/t32-/m0/s1. The maximum atomic E-state index is 14.3. The molecule has 230 valence electrons. The van der Waals surface area contributed by atoms with E-state index in [4.69, 9.17) is 26.1 Å². The SMILES string of the molecule is CCCC1=C(C(=O)OCC)[C@H](c2ccc(OC)c(Br)c2)n2c(s/c(=C/c3cn(Cc4ccc(Cl)cc4)c4ccccc34)c2=O)=N1. The third kappa shape index (κ3) is 6.04. The second kappa shape index (κ2) is 13.2. The summed E-state index contributed by atoms with van der Waals surface area (Å²) in [7, 11) is 1.60. The third-order valence-corrected chi connectivity index (χ3v) is 9.61. The summed E-state index contributed by atoms with van der Waals surface area (Å²) in [4.78, 5) is 33.3. The maximum Gasteiger partial charge on any atom is 0.338 e. The van der Waals surface area contributed by atoms with Gasteiger partial charge in [-0.2, -0.15) is 0 Å². The number of aromatic nitrogens is 2. The van der Waals surface area contributed by atoms with Gasteiger partial charge in [0.15, 0.2) is 4.80 Å². The van der Waals surface area contributed by atoms with E-state index < -0.39 is 12.0 Å². The Hall–Kier alpha value is -3.92. The summed E-state index contributed by atoms with van der Waals surface area (Å²) < 4.78 is 16.0. The number of para-hydroxylation sites is 1. The van der Waals surface area contributed by atoms with E-state index in [1.165, 1.54) is 11.3 Å². The average molecular weight is 705 g/mol. The molecule has 0 saturated carbocycles. The molecule has 1 aliphatic heterocycles. The molecule has 0 aliphatic carbocycles. The number of allylic oxidation sites excluding steroid dienone is 1. The predicted molar refractivity (Wildman–Crippen MR) is 183 cm³/mol. The summed E-state index contributed by atoms with van der Waals surface area (Å²) in [6, 6.07) is 20.8. The van der Waals surface area contributed by atoms with Crippen LogP contribution in [0.5, 0.6) is 5.75 Å². The third-order valence-electron chi connectivity index (χ3n) is 7.76. The van der Waals surface area contributed by atoms with Crippen molar-refractivity contribution in [2.45, 2.75) is 39.3 Å². The van der Waals surface area contributed by atoms with Gasteiger partial charge in [0.1, 0.15) is 5.75 Å². The van der Waals surface area contributed by atoms with E-state index in [-0.39, 0.29) is 12.2 Å². The molecule has 3 heterocycles. The lowest BCUT2D eigenvalue weighted by Crippen LogP contribution is -2.40. The molecule has 0 spiro atoms. The first-order valence-electron chi connectivity index (χ1n) is 14.7. The minimum absolute atomic E-state index is 0.214. The van der Waals surface area contributed by atoms with Crippen molar-refractivity contribution < 1.29 is 14.3 Å². The molecular formula is C35H31BrClN3O4S. The van der Waals surface area contributed by atoms with Crippen LogP contribution >= 0.6 is 38.9 Å². The van der Waals surface area contributed by atoms with Crippen molar-refractivity contribution >= 4 is 61.8 Å². The van der Waals surface area contributed by atoms with Crippen LogP contribution in [0.2, 0.25) is 5.02 Å². The topological polar surface area (TPSA) is 74.8 Å². The number of ether oxygens (including phenoxy) is 2. The van der Waals surface area contributed by atoms with E-state index in [9.17, 15) is 9.59 Å². The van der Waals surface area contributed by atoms with E-state index in [2.05, 4.69) is 38.8 Å². The van der Waals surface area contributed by atoms with Crippen molar-refractivity contribution in [1.29, 1.82) is 0 Å². The van der Waals surface area contributed by atoms with Crippen LogP contribution in [0.25, 0.3) is 17.0 Å². The summed E-state index contributed by atoms with van der Waals surface area (Å²) in [6.07, 6.45) is 5.36. The van der Waals surface area contributed by atoms with E-state index in [0.29, 0.717) is 44.3 Å². The first-order valence-corrected chi connectivity index (χ1v) is 16.7. The van der Waals surface area contributed by atoms with Gasteiger partial charge >= 0.3 is 5.97 Å². The van der Waals surface area contributed by atoms with E-state index in [1.807, 2.05) is 67.6 Å². The molecule has 2 aromatic heterocycles. The number of thiazole rings is 1. The van der Waals surface area contributed by atoms with Gasteiger partial charge in [0, 0.05) is 34.2 Å². The van der Waals surface area contributed by atoms with Crippen molar-refractivity contribution in [2.75, 3.05) is 13.7 Å². The number of hydrogen-bond acceptors (Lipinski definition) is 6. The normalized spacial score (nSPS) is 14.9. The molecule has 0 bridgehead atoms. The molecule has 0 saturated heterocycles. The van der Waals surface area contributed by atoms with Gasteiger partial charge in [-0.3, -0.25) is 9.36 Å². The Kier molecular flexibility index (Phi) is 9.12. The highest BCUT2D eigenvalue weighted by atomic mass is 79.9. The molecule has 10 heteroatoms. The van der Waals surface area contributed by atoms with Crippen LogP contribution in [0, 0.1) is 0 Å². The van der Waals surface area contributed by atoms with E-state index in [0.717, 1.165) is 38.5 Å². The predicted octanol–water partition coefficient (Wildman–Crippen LogP) is 7.01. The number of esters is 1. The van der Waals surface area contributed by atoms with Gasteiger partial charge in [0.2, 0.25) is 0 Å². The molecule has 1 aliphatic rings. The number of rotatable bonds is 9. The molecule has 45 heavy (non-hydrogen) atoms. The summed E-state index contributed by atoms with van der Waals surface area (Å²) in [6.45, 7) is 4.68. The molecule has 0 N–H and O–H groups in total. The first kappa shape index (κ1) is 31.1. The van der Waals surface area contributed by atoms with Crippen LogP contribution in [0.3, 0.4) is 0 Å². The number of nitrogens with zero attached hydrogens (tertiary/aromatic N) is 3. The lowest BCUT2D eigenvalue weighted by molar-refractivity contribution is -0.139. The largest absolute Gasteiger partial charge is 0.496 e. The van der Waals surface area contributed by atoms with Gasteiger partial charge in [-0.05, 0) is 76.8 Å². The highest BCUT2D eigenvalue weighted by Gasteiger charge is 2.34. The van der Waals surface area contributed by atoms with Gasteiger partial charge in [-0.15, -0.1) is 0 Å². The Balaban J connectivity index is 1.54. The van der Waals surface area contributed by atoms with Gasteiger partial charge in [0.05, 0.1) is 40.0 Å². The Morgan fingerprint density at radius 3 is 2.60 bits per heavy atom. The van der Waals surface area contributed by atoms with Crippen LogP contribution in [0.4, 0.5) is 0 Å². The van der Waals surface area contributed by atoms with E-state index >= 15 is 0 Å². The molecule has 0 radical (unpaired) electrons. The molecule has 6 rings (SSSR count). The fourth-order valence-electron chi connectivity index (χ4n) is 5.74. The van der Waals surface area contributed by atoms with Crippen molar-refractivity contribution in [3.05, 3.63) is 130 Å². The number of fused-ring (bicyclic) bond motifs is 2. The van der Waals surface area contributed by atoms with Gasteiger partial charge in [-0.1, -0.05) is 72.7 Å². The summed E-state index contributed by atoms with van der Waals surface area (Å²) in [5.41, 5.74) is 4.65. The number of hydrogen-bond donors (Lipinski definition) is 0. The van der Waals surface area contributed by atoms with Crippen molar-refractivity contribution in [3.8, 4) is 5.75 Å². The number of carbonyl (C=O) groups is 1. The van der Waals surface area contributed by atoms with Crippen LogP contribution in [-0.2, 0) is 16.1 Å². The molecule has 0 fully saturated rings.